The lowest BCUT2D eigenvalue weighted by Crippen LogP contribution is -2.21. The van der Waals surface area contributed by atoms with Crippen molar-refractivity contribution >= 4 is 0 Å². The Balaban J connectivity index is 3.00. The van der Waals surface area contributed by atoms with Crippen molar-refractivity contribution in [3.8, 4) is 0 Å². The van der Waals surface area contributed by atoms with Crippen LogP contribution in [0, 0.1) is 0 Å². The van der Waals surface area contributed by atoms with Crippen LogP contribution in [-0.2, 0) is 10.8 Å². The summed E-state index contributed by atoms with van der Waals surface area (Å²) in [5, 5.41) is 0. The van der Waals surface area contributed by atoms with Gasteiger partial charge in [0.15, 0.2) is 5.89 Å². The maximum Gasteiger partial charge on any atom is 0.199 e. The Labute approximate surface area is 84.5 Å². The molecule has 3 heteroatoms. The van der Waals surface area contributed by atoms with Gasteiger partial charge in [0.05, 0.1) is 5.69 Å². The number of alkyl halides is 1. The highest BCUT2D eigenvalue weighted by atomic mass is 19.1. The van der Waals surface area contributed by atoms with Crippen molar-refractivity contribution in [1.82, 2.24) is 4.98 Å². The van der Waals surface area contributed by atoms with Gasteiger partial charge in [0.1, 0.15) is 12.9 Å². The molecule has 1 heterocycles. The number of hydrogen-bond acceptors (Lipinski definition) is 2. The summed E-state index contributed by atoms with van der Waals surface area (Å²) in [6.07, 6.45) is 1.56. The first-order valence-corrected chi connectivity index (χ1v) is 4.80. The first-order chi connectivity index (χ1) is 6.27. The van der Waals surface area contributed by atoms with E-state index in [-0.39, 0.29) is 5.41 Å². The van der Waals surface area contributed by atoms with Crippen LogP contribution in [-0.4, -0.2) is 11.7 Å². The number of aromatic nitrogens is 1. The number of hydrogen-bond donors (Lipinski definition) is 0. The smallest absolute Gasteiger partial charge is 0.199 e. The first kappa shape index (κ1) is 11.2. The summed E-state index contributed by atoms with van der Waals surface area (Å²) in [6.45, 7) is 9.26. The second-order valence-corrected chi connectivity index (χ2v) is 5.31. The molecule has 0 spiro atoms. The van der Waals surface area contributed by atoms with Crippen molar-refractivity contribution in [2.45, 2.75) is 45.4 Å². The van der Waals surface area contributed by atoms with Gasteiger partial charge in [-0.1, -0.05) is 34.6 Å². The zero-order chi connectivity index (χ0) is 11.0. The van der Waals surface area contributed by atoms with E-state index in [1.807, 2.05) is 34.6 Å². The summed E-state index contributed by atoms with van der Waals surface area (Å²) in [7, 11) is 0. The van der Waals surface area contributed by atoms with Gasteiger partial charge in [-0.25, -0.2) is 4.98 Å². The summed E-state index contributed by atoms with van der Waals surface area (Å²) >= 11 is 0. The number of halogens is 1. The van der Waals surface area contributed by atoms with E-state index in [2.05, 4.69) is 4.98 Å². The van der Waals surface area contributed by atoms with Gasteiger partial charge in [-0.2, -0.15) is 0 Å². The van der Waals surface area contributed by atoms with Gasteiger partial charge in [-0.15, -0.1) is 0 Å². The SMILES string of the molecule is CC(C)(C)c1nc(C(C)(C)CF)co1. The highest BCUT2D eigenvalue weighted by Crippen LogP contribution is 2.27. The quantitative estimate of drug-likeness (QED) is 0.731. The molecule has 14 heavy (non-hydrogen) atoms. The van der Waals surface area contributed by atoms with Crippen LogP contribution in [0.5, 0.6) is 0 Å². The van der Waals surface area contributed by atoms with Crippen molar-refractivity contribution in [1.29, 1.82) is 0 Å². The Morgan fingerprint density at radius 1 is 1.29 bits per heavy atom. The predicted molar refractivity (Wildman–Crippen MR) is 54.2 cm³/mol. The molecule has 1 aromatic rings. The van der Waals surface area contributed by atoms with Gasteiger partial charge in [0.25, 0.3) is 0 Å². The molecular weight excluding hydrogens is 181 g/mol. The van der Waals surface area contributed by atoms with Crippen LogP contribution >= 0.6 is 0 Å². The van der Waals surface area contributed by atoms with E-state index in [4.69, 9.17) is 4.42 Å². The van der Waals surface area contributed by atoms with Gasteiger partial charge in [-0.3, -0.25) is 4.39 Å². The molecule has 0 unspecified atom stereocenters. The van der Waals surface area contributed by atoms with E-state index < -0.39 is 12.1 Å². The van der Waals surface area contributed by atoms with Crippen LogP contribution in [0.3, 0.4) is 0 Å². The standard InChI is InChI=1S/C11H18FNO/c1-10(2,3)9-13-8(6-14-9)11(4,5)7-12/h6H,7H2,1-5H3. The minimum absolute atomic E-state index is 0.120. The minimum atomic E-state index is -0.549. The van der Waals surface area contributed by atoms with Gasteiger partial charge in [-0.05, 0) is 0 Å². The fraction of sp³-hybridized carbons (Fsp3) is 0.727. The fourth-order valence-electron chi connectivity index (χ4n) is 0.998. The molecule has 0 amide bonds. The molecule has 2 nitrogen and oxygen atoms in total. The predicted octanol–water partition coefficient (Wildman–Crippen LogP) is 3.22. The van der Waals surface area contributed by atoms with Gasteiger partial charge >= 0.3 is 0 Å². The van der Waals surface area contributed by atoms with E-state index in [0.717, 1.165) is 0 Å². The van der Waals surface area contributed by atoms with E-state index >= 15 is 0 Å². The van der Waals surface area contributed by atoms with Gasteiger partial charge in [0, 0.05) is 10.8 Å². The van der Waals surface area contributed by atoms with Crippen molar-refractivity contribution in [2.24, 2.45) is 0 Å². The molecule has 0 radical (unpaired) electrons. The third-order valence-electron chi connectivity index (χ3n) is 2.17. The largest absolute Gasteiger partial charge is 0.448 e. The van der Waals surface area contributed by atoms with Crippen molar-refractivity contribution in [3.63, 3.8) is 0 Å². The summed E-state index contributed by atoms with van der Waals surface area (Å²) in [5.74, 6) is 0.661. The second kappa shape index (κ2) is 3.37. The lowest BCUT2D eigenvalue weighted by molar-refractivity contribution is 0.343. The highest BCUT2D eigenvalue weighted by Gasteiger charge is 2.27. The lowest BCUT2D eigenvalue weighted by Gasteiger charge is -2.17. The van der Waals surface area contributed by atoms with Crippen LogP contribution in [0.15, 0.2) is 10.7 Å². The summed E-state index contributed by atoms with van der Waals surface area (Å²) in [5.41, 5.74) is 0.0161. The molecule has 0 aromatic carbocycles. The van der Waals surface area contributed by atoms with E-state index in [1.165, 1.54) is 0 Å². The average Bonchev–Trinajstić information content (AvgIpc) is 2.51. The van der Waals surface area contributed by atoms with Crippen LogP contribution in [0.4, 0.5) is 4.39 Å². The molecule has 1 aromatic heterocycles. The zero-order valence-electron chi connectivity index (χ0n) is 9.52. The molecule has 0 aliphatic rings. The normalized spacial score (nSPS) is 13.3. The number of oxazole rings is 1. The minimum Gasteiger partial charge on any atom is -0.448 e. The molecular formula is C11H18FNO. The Morgan fingerprint density at radius 3 is 2.21 bits per heavy atom. The Bertz CT molecular complexity index is 309. The zero-order valence-corrected chi connectivity index (χ0v) is 9.52. The second-order valence-electron chi connectivity index (χ2n) is 5.31. The van der Waals surface area contributed by atoms with Crippen LogP contribution < -0.4 is 0 Å². The number of nitrogens with zero attached hydrogens (tertiary/aromatic N) is 1. The topological polar surface area (TPSA) is 26.0 Å². The Kier molecular flexibility index (Phi) is 2.70. The molecule has 0 aliphatic heterocycles. The molecule has 0 saturated heterocycles. The molecule has 0 fully saturated rings. The monoisotopic (exact) mass is 199 g/mol. The average molecular weight is 199 g/mol. The third kappa shape index (κ3) is 2.14. The molecule has 0 saturated carbocycles. The lowest BCUT2D eigenvalue weighted by atomic mass is 9.91. The molecule has 1 rings (SSSR count). The molecule has 0 N–H and O–H groups in total. The maximum atomic E-state index is 12.7. The number of rotatable bonds is 2. The van der Waals surface area contributed by atoms with E-state index in [9.17, 15) is 4.39 Å². The Morgan fingerprint density at radius 2 is 1.86 bits per heavy atom. The fourth-order valence-corrected chi connectivity index (χ4v) is 0.998. The summed E-state index contributed by atoms with van der Waals surface area (Å²) in [4.78, 5) is 4.32. The van der Waals surface area contributed by atoms with Crippen molar-refractivity contribution < 1.29 is 8.81 Å². The third-order valence-corrected chi connectivity index (χ3v) is 2.17. The van der Waals surface area contributed by atoms with Gasteiger partial charge < -0.3 is 4.42 Å². The summed E-state index contributed by atoms with van der Waals surface area (Å²) < 4.78 is 18.0. The van der Waals surface area contributed by atoms with Crippen LogP contribution in [0.1, 0.15) is 46.2 Å². The van der Waals surface area contributed by atoms with Crippen LogP contribution in [0.25, 0.3) is 0 Å². The molecule has 0 atom stereocenters. The molecule has 80 valence electrons. The van der Waals surface area contributed by atoms with Crippen molar-refractivity contribution in [2.75, 3.05) is 6.67 Å². The maximum absolute atomic E-state index is 12.7. The Hall–Kier alpha value is -0.860. The van der Waals surface area contributed by atoms with Crippen molar-refractivity contribution in [3.05, 3.63) is 17.8 Å². The van der Waals surface area contributed by atoms with E-state index in [0.29, 0.717) is 11.6 Å². The van der Waals surface area contributed by atoms with E-state index in [1.54, 1.807) is 6.26 Å². The van der Waals surface area contributed by atoms with Gasteiger partial charge in [0.2, 0.25) is 0 Å². The summed E-state index contributed by atoms with van der Waals surface area (Å²) in [6, 6.07) is 0. The van der Waals surface area contributed by atoms with Crippen LogP contribution in [0.2, 0.25) is 0 Å². The highest BCUT2D eigenvalue weighted by molar-refractivity contribution is 5.13. The molecule has 0 aliphatic carbocycles. The first-order valence-electron chi connectivity index (χ1n) is 4.80. The molecule has 0 bridgehead atoms.